The summed E-state index contributed by atoms with van der Waals surface area (Å²) in [7, 11) is 0. The van der Waals surface area contributed by atoms with Crippen molar-refractivity contribution in [2.45, 2.75) is 13.3 Å². The van der Waals surface area contributed by atoms with Crippen molar-refractivity contribution in [3.8, 4) is 11.8 Å². The Labute approximate surface area is 109 Å². The number of hydrogen-bond donors (Lipinski definition) is 0. The Morgan fingerprint density at radius 3 is 2.79 bits per heavy atom. The van der Waals surface area contributed by atoms with Crippen LogP contribution >= 0.6 is 0 Å². The van der Waals surface area contributed by atoms with Crippen LogP contribution in [0.5, 0.6) is 5.75 Å². The summed E-state index contributed by atoms with van der Waals surface area (Å²) in [6.45, 7) is 1.40. The van der Waals surface area contributed by atoms with E-state index >= 15 is 0 Å². The van der Waals surface area contributed by atoms with Crippen LogP contribution in [0.15, 0.2) is 18.2 Å². The molecule has 0 saturated heterocycles. The van der Waals surface area contributed by atoms with E-state index in [2.05, 4.69) is 4.74 Å². The summed E-state index contributed by atoms with van der Waals surface area (Å²) >= 11 is 0. The van der Waals surface area contributed by atoms with E-state index in [0.29, 0.717) is 0 Å². The number of carbonyl (C=O) groups excluding carboxylic acids is 2. The van der Waals surface area contributed by atoms with Crippen LogP contribution in [0.3, 0.4) is 0 Å². The molecule has 0 fully saturated rings. The van der Waals surface area contributed by atoms with Crippen LogP contribution in [0.25, 0.3) is 0 Å². The van der Waals surface area contributed by atoms with Crippen molar-refractivity contribution < 1.29 is 23.5 Å². The van der Waals surface area contributed by atoms with Crippen LogP contribution in [-0.4, -0.2) is 25.0 Å². The molecule has 100 valence electrons. The Kier molecular flexibility index (Phi) is 5.48. The average molecular weight is 265 g/mol. The highest BCUT2D eigenvalue weighted by molar-refractivity contribution is 5.96. The number of nitrogens with zero attached hydrogens (tertiary/aromatic N) is 1. The molecule has 0 aliphatic rings. The summed E-state index contributed by atoms with van der Waals surface area (Å²) in [4.78, 5) is 22.4. The zero-order valence-electron chi connectivity index (χ0n) is 10.3. The van der Waals surface area contributed by atoms with Gasteiger partial charge in [0.1, 0.15) is 36.2 Å². The summed E-state index contributed by atoms with van der Waals surface area (Å²) in [5, 5.41) is 8.75. The molecule has 5 nitrogen and oxygen atoms in total. The van der Waals surface area contributed by atoms with Gasteiger partial charge in [0.15, 0.2) is 5.78 Å². The van der Waals surface area contributed by atoms with E-state index in [9.17, 15) is 14.0 Å². The maximum Gasteiger partial charge on any atom is 0.313 e. The van der Waals surface area contributed by atoms with Gasteiger partial charge in [0, 0.05) is 0 Å². The third kappa shape index (κ3) is 4.39. The van der Waals surface area contributed by atoms with Gasteiger partial charge in [-0.15, -0.1) is 0 Å². The van der Waals surface area contributed by atoms with E-state index in [1.165, 1.54) is 12.1 Å². The monoisotopic (exact) mass is 265 g/mol. The molecule has 0 aliphatic heterocycles. The van der Waals surface area contributed by atoms with Gasteiger partial charge in [0.25, 0.3) is 0 Å². The number of ketones is 1. The molecule has 0 saturated carbocycles. The van der Waals surface area contributed by atoms with Gasteiger partial charge in [0.2, 0.25) is 0 Å². The number of nitriles is 1. The van der Waals surface area contributed by atoms with Crippen molar-refractivity contribution in [1.82, 2.24) is 0 Å². The molecule has 0 unspecified atom stereocenters. The van der Waals surface area contributed by atoms with Crippen molar-refractivity contribution in [1.29, 1.82) is 5.26 Å². The molecular weight excluding hydrogens is 253 g/mol. The van der Waals surface area contributed by atoms with Crippen molar-refractivity contribution >= 4 is 11.8 Å². The maximum atomic E-state index is 13.2. The van der Waals surface area contributed by atoms with Crippen molar-refractivity contribution in [2.24, 2.45) is 0 Å². The first-order valence-corrected chi connectivity index (χ1v) is 5.57. The van der Waals surface area contributed by atoms with E-state index in [1.54, 1.807) is 13.0 Å². The van der Waals surface area contributed by atoms with Gasteiger partial charge in [-0.25, -0.2) is 4.39 Å². The van der Waals surface area contributed by atoms with Crippen LogP contribution in [0.4, 0.5) is 4.39 Å². The van der Waals surface area contributed by atoms with Gasteiger partial charge in [-0.1, -0.05) is 6.07 Å². The Hall–Kier alpha value is -2.42. The maximum absolute atomic E-state index is 13.2. The summed E-state index contributed by atoms with van der Waals surface area (Å²) in [5.74, 6) is -1.90. The van der Waals surface area contributed by atoms with Crippen LogP contribution < -0.4 is 4.74 Å². The molecule has 1 aromatic carbocycles. The Bertz CT molecular complexity index is 522. The molecule has 6 heteroatoms. The minimum absolute atomic E-state index is 0.0280. The average Bonchev–Trinajstić information content (AvgIpc) is 2.36. The zero-order chi connectivity index (χ0) is 14.3. The predicted octanol–water partition coefficient (Wildman–Crippen LogP) is 1.60. The highest BCUT2D eigenvalue weighted by Gasteiger charge is 2.13. The van der Waals surface area contributed by atoms with Crippen LogP contribution in [0.2, 0.25) is 0 Å². The fraction of sp³-hybridized carbons (Fsp3) is 0.308. The smallest absolute Gasteiger partial charge is 0.313 e. The van der Waals surface area contributed by atoms with Crippen LogP contribution in [0.1, 0.15) is 18.9 Å². The Morgan fingerprint density at radius 1 is 1.42 bits per heavy atom. The number of benzene rings is 1. The number of rotatable bonds is 6. The fourth-order valence-electron chi connectivity index (χ4n) is 1.32. The third-order valence-electron chi connectivity index (χ3n) is 2.12. The normalized spacial score (nSPS) is 9.53. The highest BCUT2D eigenvalue weighted by Crippen LogP contribution is 2.20. The summed E-state index contributed by atoms with van der Waals surface area (Å²) in [6, 6.07) is 5.50. The lowest BCUT2D eigenvalue weighted by atomic mass is 10.2. The summed E-state index contributed by atoms with van der Waals surface area (Å²) in [6.07, 6.45) is -0.412. The predicted molar refractivity (Wildman–Crippen MR) is 62.9 cm³/mol. The number of hydrogen-bond acceptors (Lipinski definition) is 5. The molecule has 0 atom stereocenters. The molecule has 0 aromatic heterocycles. The van der Waals surface area contributed by atoms with Gasteiger partial charge in [-0.3, -0.25) is 9.59 Å². The number of carbonyl (C=O) groups is 2. The van der Waals surface area contributed by atoms with Crippen LogP contribution in [0, 0.1) is 17.1 Å². The second-order valence-electron chi connectivity index (χ2n) is 3.53. The topological polar surface area (TPSA) is 76.4 Å². The molecule has 0 bridgehead atoms. The minimum Gasteiger partial charge on any atom is -0.484 e. The molecule has 1 aromatic rings. The van der Waals surface area contributed by atoms with Crippen molar-refractivity contribution in [3.63, 3.8) is 0 Å². The van der Waals surface area contributed by atoms with Crippen molar-refractivity contribution in [2.75, 3.05) is 13.2 Å². The second-order valence-corrected chi connectivity index (χ2v) is 3.53. The quantitative estimate of drug-likeness (QED) is 0.576. The zero-order valence-corrected chi connectivity index (χ0v) is 10.3. The Balaban J connectivity index is 2.58. The lowest BCUT2D eigenvalue weighted by molar-refractivity contribution is -0.145. The molecule has 0 spiro atoms. The van der Waals surface area contributed by atoms with E-state index in [1.807, 2.05) is 0 Å². The first-order valence-electron chi connectivity index (χ1n) is 5.57. The molecular formula is C13H12FNO4. The van der Waals surface area contributed by atoms with Gasteiger partial charge in [-0.2, -0.15) is 5.26 Å². The van der Waals surface area contributed by atoms with Crippen LogP contribution in [-0.2, 0) is 14.3 Å². The molecule has 0 amide bonds. The highest BCUT2D eigenvalue weighted by atomic mass is 19.1. The van der Waals surface area contributed by atoms with Crippen molar-refractivity contribution in [3.05, 3.63) is 29.6 Å². The largest absolute Gasteiger partial charge is 0.484 e. The molecule has 0 radical (unpaired) electrons. The van der Waals surface area contributed by atoms with Gasteiger partial charge >= 0.3 is 5.97 Å². The summed E-state index contributed by atoms with van der Waals surface area (Å²) < 4.78 is 22.9. The first kappa shape index (κ1) is 14.6. The minimum atomic E-state index is -0.724. The molecule has 19 heavy (non-hydrogen) atoms. The molecule has 0 aliphatic carbocycles. The number of ether oxygens (including phenoxy) is 2. The fourth-order valence-corrected chi connectivity index (χ4v) is 1.32. The van der Waals surface area contributed by atoms with E-state index in [4.69, 9.17) is 10.00 Å². The summed E-state index contributed by atoms with van der Waals surface area (Å²) in [5.41, 5.74) is -0.272. The second kappa shape index (κ2) is 7.11. The molecule has 0 heterocycles. The third-order valence-corrected chi connectivity index (χ3v) is 2.12. The molecule has 1 rings (SSSR count). The SMILES string of the molecule is CCOC(=O)CC(=O)COc1cccc(F)c1C#N. The van der Waals surface area contributed by atoms with E-state index in [0.717, 1.165) is 6.07 Å². The number of Topliss-reactive ketones (excluding diaryl/α,β-unsaturated/α-hetero) is 1. The lowest BCUT2D eigenvalue weighted by Crippen LogP contribution is -2.17. The number of halogens is 1. The van der Waals surface area contributed by atoms with Gasteiger partial charge in [-0.05, 0) is 19.1 Å². The first-order chi connectivity index (χ1) is 9.08. The number of esters is 1. The van der Waals surface area contributed by atoms with E-state index < -0.39 is 30.6 Å². The van der Waals surface area contributed by atoms with Gasteiger partial charge < -0.3 is 9.47 Å². The standard InChI is InChI=1S/C13H12FNO4/c1-2-18-13(17)6-9(16)8-19-12-5-3-4-11(14)10(12)7-15/h3-5H,2,6,8H2,1H3. The molecule has 0 N–H and O–H groups in total. The van der Waals surface area contributed by atoms with Gasteiger partial charge in [0.05, 0.1) is 6.61 Å². The Morgan fingerprint density at radius 2 is 2.16 bits per heavy atom. The lowest BCUT2D eigenvalue weighted by Gasteiger charge is -2.07. The van der Waals surface area contributed by atoms with E-state index in [-0.39, 0.29) is 17.9 Å².